The Morgan fingerprint density at radius 3 is 2.68 bits per heavy atom. The van der Waals surface area contributed by atoms with Crippen LogP contribution in [0.25, 0.3) is 0 Å². The minimum Gasteiger partial charge on any atom is -0.492 e. The van der Waals surface area contributed by atoms with Gasteiger partial charge in [0.25, 0.3) is 11.8 Å². The number of anilines is 1. The number of halogens is 1. The lowest BCUT2D eigenvalue weighted by atomic mass is 10.1. The number of hydrogen-bond acceptors (Lipinski definition) is 4. The van der Waals surface area contributed by atoms with Crippen LogP contribution in [0.3, 0.4) is 0 Å². The number of nitrogens with one attached hydrogen (secondary N) is 2. The molecule has 7 heteroatoms. The van der Waals surface area contributed by atoms with E-state index >= 15 is 0 Å². The van der Waals surface area contributed by atoms with Crippen LogP contribution in [0.4, 0.5) is 10.1 Å². The van der Waals surface area contributed by atoms with Crippen molar-refractivity contribution in [1.29, 1.82) is 0 Å². The van der Waals surface area contributed by atoms with Gasteiger partial charge in [0.15, 0.2) is 5.76 Å². The number of carbonyl (C=O) groups is 2. The van der Waals surface area contributed by atoms with Gasteiger partial charge in [-0.25, -0.2) is 4.39 Å². The van der Waals surface area contributed by atoms with Gasteiger partial charge in [-0.2, -0.15) is 0 Å². The molecule has 3 aromatic rings. The molecule has 0 bridgehead atoms. The Morgan fingerprint density at radius 2 is 1.93 bits per heavy atom. The lowest BCUT2D eigenvalue weighted by Crippen LogP contribution is -2.28. The van der Waals surface area contributed by atoms with E-state index < -0.39 is 5.91 Å². The Balaban J connectivity index is 1.55. The van der Waals surface area contributed by atoms with Crippen LogP contribution in [0, 0.1) is 12.7 Å². The summed E-state index contributed by atoms with van der Waals surface area (Å²) >= 11 is 0. The van der Waals surface area contributed by atoms with Gasteiger partial charge in [0.05, 0.1) is 12.8 Å². The quantitative estimate of drug-likeness (QED) is 0.609. The van der Waals surface area contributed by atoms with Crippen LogP contribution in [0.15, 0.2) is 65.3 Å². The second-order valence-corrected chi connectivity index (χ2v) is 6.02. The third-order valence-corrected chi connectivity index (χ3v) is 3.95. The van der Waals surface area contributed by atoms with Crippen molar-refractivity contribution in [3.63, 3.8) is 0 Å². The van der Waals surface area contributed by atoms with E-state index in [0.717, 1.165) is 5.56 Å². The normalized spacial score (nSPS) is 10.4. The SMILES string of the molecule is Cc1ccc(C(=O)NCCOc2cccc(F)c2)cc1NC(=O)c1ccco1. The van der Waals surface area contributed by atoms with Gasteiger partial charge in [-0.3, -0.25) is 9.59 Å². The Bertz CT molecular complexity index is 970. The van der Waals surface area contributed by atoms with Crippen molar-refractivity contribution in [3.8, 4) is 5.75 Å². The van der Waals surface area contributed by atoms with Crippen molar-refractivity contribution >= 4 is 17.5 Å². The second kappa shape index (κ2) is 8.85. The van der Waals surface area contributed by atoms with Crippen molar-refractivity contribution in [1.82, 2.24) is 5.32 Å². The molecule has 0 aliphatic rings. The van der Waals surface area contributed by atoms with Crippen molar-refractivity contribution < 1.29 is 23.1 Å². The van der Waals surface area contributed by atoms with Gasteiger partial charge in [0.1, 0.15) is 18.2 Å². The molecule has 0 saturated heterocycles. The minimum atomic E-state index is -0.394. The summed E-state index contributed by atoms with van der Waals surface area (Å²) in [6, 6.07) is 14.0. The molecule has 6 nitrogen and oxygen atoms in total. The largest absolute Gasteiger partial charge is 0.492 e. The van der Waals surface area contributed by atoms with Gasteiger partial charge in [0.2, 0.25) is 0 Å². The lowest BCUT2D eigenvalue weighted by Gasteiger charge is -2.11. The number of aryl methyl sites for hydroxylation is 1. The third kappa shape index (κ3) is 4.97. The first kappa shape index (κ1) is 19.2. The molecule has 0 unspecified atom stereocenters. The molecule has 2 amide bonds. The zero-order valence-corrected chi connectivity index (χ0v) is 15.2. The molecule has 0 spiro atoms. The van der Waals surface area contributed by atoms with Crippen LogP contribution in [-0.4, -0.2) is 25.0 Å². The number of hydrogen-bond donors (Lipinski definition) is 2. The molecule has 28 heavy (non-hydrogen) atoms. The van der Waals surface area contributed by atoms with Crippen LogP contribution in [-0.2, 0) is 0 Å². The molecular formula is C21H19FN2O4. The summed E-state index contributed by atoms with van der Waals surface area (Å²) in [6.45, 7) is 2.27. The van der Waals surface area contributed by atoms with Crippen LogP contribution < -0.4 is 15.4 Å². The van der Waals surface area contributed by atoms with Crippen molar-refractivity contribution in [2.45, 2.75) is 6.92 Å². The second-order valence-electron chi connectivity index (χ2n) is 6.02. The molecule has 0 radical (unpaired) electrons. The van der Waals surface area contributed by atoms with E-state index in [1.165, 1.54) is 18.4 Å². The van der Waals surface area contributed by atoms with E-state index in [1.807, 2.05) is 6.92 Å². The van der Waals surface area contributed by atoms with Gasteiger partial charge in [0, 0.05) is 17.3 Å². The highest BCUT2D eigenvalue weighted by Crippen LogP contribution is 2.18. The van der Waals surface area contributed by atoms with Crippen molar-refractivity contribution in [3.05, 3.63) is 83.6 Å². The minimum absolute atomic E-state index is 0.184. The van der Waals surface area contributed by atoms with E-state index in [9.17, 15) is 14.0 Å². The van der Waals surface area contributed by atoms with Crippen LogP contribution >= 0.6 is 0 Å². The molecule has 0 aliphatic heterocycles. The number of carbonyl (C=O) groups excluding carboxylic acids is 2. The fraction of sp³-hybridized carbons (Fsp3) is 0.143. The maximum absolute atomic E-state index is 13.1. The fourth-order valence-corrected chi connectivity index (χ4v) is 2.48. The molecule has 3 rings (SSSR count). The summed E-state index contributed by atoms with van der Waals surface area (Å²) < 4.78 is 23.5. The zero-order valence-electron chi connectivity index (χ0n) is 15.2. The first-order valence-electron chi connectivity index (χ1n) is 8.65. The lowest BCUT2D eigenvalue weighted by molar-refractivity contribution is 0.0945. The van der Waals surface area contributed by atoms with Gasteiger partial charge in [-0.1, -0.05) is 12.1 Å². The average Bonchev–Trinajstić information content (AvgIpc) is 3.22. The molecule has 0 fully saturated rings. The number of ether oxygens (including phenoxy) is 1. The van der Waals surface area contributed by atoms with E-state index in [-0.39, 0.29) is 30.6 Å². The Labute approximate surface area is 161 Å². The third-order valence-electron chi connectivity index (χ3n) is 3.95. The highest BCUT2D eigenvalue weighted by Gasteiger charge is 2.13. The average molecular weight is 382 g/mol. The summed E-state index contributed by atoms with van der Waals surface area (Å²) in [6.07, 6.45) is 1.41. The summed E-state index contributed by atoms with van der Waals surface area (Å²) in [5, 5.41) is 5.45. The zero-order chi connectivity index (χ0) is 19.9. The standard InChI is InChI=1S/C21H19FN2O4/c1-14-7-8-15(12-18(14)24-21(26)19-6-3-10-28-19)20(25)23-9-11-27-17-5-2-4-16(22)13-17/h2-8,10,12-13H,9,11H2,1H3,(H,23,25)(H,24,26). The van der Waals surface area contributed by atoms with Gasteiger partial charge >= 0.3 is 0 Å². The number of rotatable bonds is 7. The molecule has 0 saturated carbocycles. The molecule has 1 heterocycles. The molecule has 144 valence electrons. The van der Waals surface area contributed by atoms with Crippen LogP contribution in [0.5, 0.6) is 5.75 Å². The molecule has 0 aliphatic carbocycles. The molecule has 0 atom stereocenters. The van der Waals surface area contributed by atoms with Crippen LogP contribution in [0.2, 0.25) is 0 Å². The highest BCUT2D eigenvalue weighted by molar-refractivity contribution is 6.03. The Kier molecular flexibility index (Phi) is 6.06. The molecular weight excluding hydrogens is 363 g/mol. The van der Waals surface area contributed by atoms with E-state index in [2.05, 4.69) is 10.6 Å². The monoisotopic (exact) mass is 382 g/mol. The predicted molar refractivity (Wildman–Crippen MR) is 102 cm³/mol. The number of furan rings is 1. The van der Waals surface area contributed by atoms with Crippen molar-refractivity contribution in [2.75, 3.05) is 18.5 Å². The molecule has 2 aromatic carbocycles. The van der Waals surface area contributed by atoms with Gasteiger partial charge in [-0.15, -0.1) is 0 Å². The van der Waals surface area contributed by atoms with Gasteiger partial charge < -0.3 is 19.8 Å². The first-order valence-corrected chi connectivity index (χ1v) is 8.65. The topological polar surface area (TPSA) is 80.6 Å². The Hall–Kier alpha value is -3.61. The summed E-state index contributed by atoms with van der Waals surface area (Å²) in [5.74, 6) is -0.507. The summed E-state index contributed by atoms with van der Waals surface area (Å²) in [7, 11) is 0. The maximum atomic E-state index is 13.1. The smallest absolute Gasteiger partial charge is 0.291 e. The number of benzene rings is 2. The van der Waals surface area contributed by atoms with E-state index in [0.29, 0.717) is 17.0 Å². The maximum Gasteiger partial charge on any atom is 0.291 e. The summed E-state index contributed by atoms with van der Waals surface area (Å²) in [4.78, 5) is 24.5. The van der Waals surface area contributed by atoms with E-state index in [1.54, 1.807) is 42.5 Å². The van der Waals surface area contributed by atoms with E-state index in [4.69, 9.17) is 9.15 Å². The molecule has 1 aromatic heterocycles. The predicted octanol–water partition coefficient (Wildman–Crippen LogP) is 3.79. The first-order chi connectivity index (χ1) is 13.5. The number of amides is 2. The summed E-state index contributed by atoms with van der Waals surface area (Å²) in [5.41, 5.74) is 1.72. The van der Waals surface area contributed by atoms with Crippen LogP contribution in [0.1, 0.15) is 26.5 Å². The fourth-order valence-electron chi connectivity index (χ4n) is 2.48. The Morgan fingerprint density at radius 1 is 1.07 bits per heavy atom. The van der Waals surface area contributed by atoms with Crippen molar-refractivity contribution in [2.24, 2.45) is 0 Å². The van der Waals surface area contributed by atoms with Gasteiger partial charge in [-0.05, 0) is 48.9 Å². The molecule has 2 N–H and O–H groups in total. The highest BCUT2D eigenvalue weighted by atomic mass is 19.1.